The molecular formula is C21H31NO6. The van der Waals surface area contributed by atoms with Gasteiger partial charge in [-0.3, -0.25) is 4.79 Å². The number of ether oxygens (including phenoxy) is 4. The van der Waals surface area contributed by atoms with Crippen LogP contribution >= 0.6 is 0 Å². The van der Waals surface area contributed by atoms with Crippen molar-refractivity contribution in [2.45, 2.75) is 58.8 Å². The highest BCUT2D eigenvalue weighted by Crippen LogP contribution is 2.26. The summed E-state index contributed by atoms with van der Waals surface area (Å²) in [5.41, 5.74) is 1.52. The van der Waals surface area contributed by atoms with Crippen LogP contribution in [0.15, 0.2) is 18.2 Å². The first kappa shape index (κ1) is 22.2. The van der Waals surface area contributed by atoms with Gasteiger partial charge in [0.1, 0.15) is 5.75 Å². The number of benzene rings is 1. The smallest absolute Gasteiger partial charge is 0.335 e. The van der Waals surface area contributed by atoms with Crippen LogP contribution in [-0.4, -0.2) is 50.5 Å². The van der Waals surface area contributed by atoms with Gasteiger partial charge in [0.15, 0.2) is 12.2 Å². The van der Waals surface area contributed by atoms with Crippen LogP contribution in [0, 0.1) is 12.8 Å². The molecule has 1 aliphatic heterocycles. The third-order valence-electron chi connectivity index (χ3n) is 4.61. The molecule has 3 unspecified atom stereocenters. The van der Waals surface area contributed by atoms with Gasteiger partial charge in [-0.2, -0.15) is 0 Å². The van der Waals surface area contributed by atoms with Gasteiger partial charge in [0.25, 0.3) is 5.91 Å². The Labute approximate surface area is 166 Å². The molecule has 7 nitrogen and oxygen atoms in total. The lowest BCUT2D eigenvalue weighted by Gasteiger charge is -2.23. The summed E-state index contributed by atoms with van der Waals surface area (Å²) in [6, 6.07) is 5.48. The molecule has 0 radical (unpaired) electrons. The van der Waals surface area contributed by atoms with E-state index < -0.39 is 24.1 Å². The maximum absolute atomic E-state index is 12.8. The molecule has 1 aromatic rings. The fourth-order valence-corrected chi connectivity index (χ4v) is 2.93. The maximum atomic E-state index is 12.8. The normalized spacial score (nSPS) is 18.6. The monoisotopic (exact) mass is 393 g/mol. The van der Waals surface area contributed by atoms with Crippen molar-refractivity contribution >= 4 is 17.6 Å². The molecule has 2 rings (SSSR count). The second-order valence-electron chi connectivity index (χ2n) is 7.41. The molecule has 1 aliphatic rings. The predicted octanol–water partition coefficient (Wildman–Crippen LogP) is 3.09. The van der Waals surface area contributed by atoms with Gasteiger partial charge in [0.2, 0.25) is 0 Å². The summed E-state index contributed by atoms with van der Waals surface area (Å²) >= 11 is 0. The van der Waals surface area contributed by atoms with E-state index in [9.17, 15) is 9.59 Å². The van der Waals surface area contributed by atoms with Crippen molar-refractivity contribution in [1.82, 2.24) is 0 Å². The van der Waals surface area contributed by atoms with E-state index in [4.69, 9.17) is 18.9 Å². The van der Waals surface area contributed by atoms with Crippen LogP contribution < -0.4 is 10.1 Å². The summed E-state index contributed by atoms with van der Waals surface area (Å²) in [5, 5.41) is 2.80. The Hall–Kier alpha value is -2.12. The second kappa shape index (κ2) is 10.4. The summed E-state index contributed by atoms with van der Waals surface area (Å²) in [7, 11) is 1.54. The molecule has 0 saturated carbocycles. The fraction of sp³-hybridized carbons (Fsp3) is 0.619. The molecule has 1 fully saturated rings. The van der Waals surface area contributed by atoms with Crippen molar-refractivity contribution in [2.24, 2.45) is 5.92 Å². The van der Waals surface area contributed by atoms with Gasteiger partial charge >= 0.3 is 5.97 Å². The van der Waals surface area contributed by atoms with E-state index >= 15 is 0 Å². The van der Waals surface area contributed by atoms with Gasteiger partial charge in [-0.1, -0.05) is 19.9 Å². The van der Waals surface area contributed by atoms with E-state index in [1.54, 1.807) is 13.0 Å². The zero-order chi connectivity index (χ0) is 20.7. The van der Waals surface area contributed by atoms with Crippen LogP contribution in [0.2, 0.25) is 0 Å². The van der Waals surface area contributed by atoms with Crippen molar-refractivity contribution in [3.05, 3.63) is 23.8 Å². The van der Waals surface area contributed by atoms with Crippen LogP contribution in [0.4, 0.5) is 5.69 Å². The van der Waals surface area contributed by atoms with Gasteiger partial charge in [-0.05, 0) is 50.3 Å². The molecule has 0 aromatic heterocycles. The highest BCUT2D eigenvalue weighted by atomic mass is 16.6. The van der Waals surface area contributed by atoms with E-state index in [0.717, 1.165) is 25.0 Å². The Bertz CT molecular complexity index is 669. The number of carbonyl (C=O) groups excluding carboxylic acids is 2. The summed E-state index contributed by atoms with van der Waals surface area (Å²) in [4.78, 5) is 25.2. The number of methoxy groups -OCH3 is 1. The highest BCUT2D eigenvalue weighted by molar-refractivity contribution is 5.97. The maximum Gasteiger partial charge on any atom is 0.335 e. The van der Waals surface area contributed by atoms with Gasteiger partial charge in [0.05, 0.1) is 25.5 Å². The zero-order valence-corrected chi connectivity index (χ0v) is 17.3. The van der Waals surface area contributed by atoms with Crippen LogP contribution in [0.25, 0.3) is 0 Å². The van der Waals surface area contributed by atoms with Crippen LogP contribution in [0.1, 0.15) is 39.2 Å². The number of carbonyl (C=O) groups is 2. The van der Waals surface area contributed by atoms with E-state index in [2.05, 4.69) is 5.32 Å². The highest BCUT2D eigenvalue weighted by Gasteiger charge is 2.30. The molecule has 3 atom stereocenters. The minimum atomic E-state index is -0.938. The second-order valence-corrected chi connectivity index (χ2v) is 7.41. The Balaban J connectivity index is 1.96. The summed E-state index contributed by atoms with van der Waals surface area (Å²) in [6.07, 6.45) is 0.244. The van der Waals surface area contributed by atoms with E-state index in [0.29, 0.717) is 18.0 Å². The average Bonchev–Trinajstić information content (AvgIpc) is 3.17. The number of esters is 1. The van der Waals surface area contributed by atoms with Crippen molar-refractivity contribution < 1.29 is 28.5 Å². The Kier molecular flexibility index (Phi) is 8.26. The number of anilines is 1. The quantitative estimate of drug-likeness (QED) is 0.649. The molecule has 0 spiro atoms. The molecule has 1 amide bonds. The van der Waals surface area contributed by atoms with Gasteiger partial charge < -0.3 is 24.3 Å². The topological polar surface area (TPSA) is 83.1 Å². The minimum Gasteiger partial charge on any atom is -0.495 e. The van der Waals surface area contributed by atoms with Crippen LogP contribution in [0.5, 0.6) is 5.75 Å². The number of hydrogen-bond donors (Lipinski definition) is 1. The fourth-order valence-electron chi connectivity index (χ4n) is 2.93. The van der Waals surface area contributed by atoms with E-state index in [-0.39, 0.29) is 12.0 Å². The Morgan fingerprint density at radius 3 is 2.64 bits per heavy atom. The molecule has 156 valence electrons. The van der Waals surface area contributed by atoms with Crippen molar-refractivity contribution in [1.29, 1.82) is 0 Å². The SMILES string of the molecule is COc1ccc(C)cc1NC(=O)C(OC(=O)C(C)OCC1CCCO1)C(C)C. The van der Waals surface area contributed by atoms with E-state index in [1.807, 2.05) is 32.9 Å². The van der Waals surface area contributed by atoms with Gasteiger partial charge in [-0.15, -0.1) is 0 Å². The zero-order valence-electron chi connectivity index (χ0n) is 17.3. The Morgan fingerprint density at radius 2 is 2.04 bits per heavy atom. The molecule has 1 aromatic carbocycles. The largest absolute Gasteiger partial charge is 0.495 e. The number of rotatable bonds is 9. The van der Waals surface area contributed by atoms with Gasteiger partial charge in [-0.25, -0.2) is 4.79 Å². The molecular weight excluding hydrogens is 362 g/mol. The molecule has 0 bridgehead atoms. The van der Waals surface area contributed by atoms with E-state index in [1.165, 1.54) is 7.11 Å². The molecule has 1 saturated heterocycles. The number of aryl methyl sites for hydroxylation is 1. The first-order valence-electron chi connectivity index (χ1n) is 9.71. The average molecular weight is 393 g/mol. The molecule has 1 N–H and O–H groups in total. The van der Waals surface area contributed by atoms with Gasteiger partial charge in [0, 0.05) is 6.61 Å². The molecule has 7 heteroatoms. The third kappa shape index (κ3) is 6.21. The summed E-state index contributed by atoms with van der Waals surface area (Å²) in [6.45, 7) is 8.25. The lowest BCUT2D eigenvalue weighted by molar-refractivity contribution is -0.168. The predicted molar refractivity (Wildman–Crippen MR) is 105 cm³/mol. The summed E-state index contributed by atoms with van der Waals surface area (Å²) in [5.74, 6) is -0.632. The minimum absolute atomic E-state index is 0.0215. The first-order valence-corrected chi connectivity index (χ1v) is 9.71. The van der Waals surface area contributed by atoms with Crippen LogP contribution in [-0.2, 0) is 23.8 Å². The van der Waals surface area contributed by atoms with Crippen molar-refractivity contribution in [2.75, 3.05) is 25.6 Å². The number of nitrogens with one attached hydrogen (secondary N) is 1. The summed E-state index contributed by atoms with van der Waals surface area (Å²) < 4.78 is 21.8. The standard InChI is InChI=1S/C21H31NO6/c1-13(2)19(20(23)22-17-11-14(3)8-9-18(17)25-5)28-21(24)15(4)27-12-16-7-6-10-26-16/h8-9,11,13,15-16,19H,6-7,10,12H2,1-5H3,(H,22,23). The molecule has 1 heterocycles. The Morgan fingerprint density at radius 1 is 1.29 bits per heavy atom. The number of hydrogen-bond acceptors (Lipinski definition) is 6. The van der Waals surface area contributed by atoms with Crippen LogP contribution in [0.3, 0.4) is 0 Å². The van der Waals surface area contributed by atoms with Crippen molar-refractivity contribution in [3.63, 3.8) is 0 Å². The third-order valence-corrected chi connectivity index (χ3v) is 4.61. The molecule has 28 heavy (non-hydrogen) atoms. The number of amides is 1. The first-order chi connectivity index (χ1) is 13.3. The van der Waals surface area contributed by atoms with Crippen molar-refractivity contribution in [3.8, 4) is 5.75 Å². The lowest BCUT2D eigenvalue weighted by Crippen LogP contribution is -2.39. The lowest BCUT2D eigenvalue weighted by atomic mass is 10.1. The molecule has 0 aliphatic carbocycles.